The quantitative estimate of drug-likeness (QED) is 0.859. The molecule has 0 saturated heterocycles. The molecule has 4 nitrogen and oxygen atoms in total. The van der Waals surface area contributed by atoms with E-state index < -0.39 is 17.2 Å². The van der Waals surface area contributed by atoms with Crippen molar-refractivity contribution in [3.05, 3.63) is 43.9 Å². The van der Waals surface area contributed by atoms with Crippen molar-refractivity contribution in [3.63, 3.8) is 0 Å². The standard InChI is InChI=1S/C15H13BrFNO3/c1-2-21-15(20)9-6-18-13-8(14(9)19)5-10(17)12(16)11(13)7-3-4-7/h5-7H,2-4H2,1H3,(H,18,19). The van der Waals surface area contributed by atoms with E-state index in [0.29, 0.717) is 9.99 Å². The summed E-state index contributed by atoms with van der Waals surface area (Å²) in [5.74, 6) is -0.936. The highest BCUT2D eigenvalue weighted by molar-refractivity contribution is 9.10. The second kappa shape index (κ2) is 5.26. The van der Waals surface area contributed by atoms with Gasteiger partial charge in [-0.05, 0) is 53.2 Å². The maximum absolute atomic E-state index is 14.0. The summed E-state index contributed by atoms with van der Waals surface area (Å²) in [5, 5.41) is 0.183. The molecule has 1 aliphatic carbocycles. The van der Waals surface area contributed by atoms with Gasteiger partial charge < -0.3 is 9.72 Å². The molecule has 0 amide bonds. The Bertz CT molecular complexity index is 796. The lowest BCUT2D eigenvalue weighted by Crippen LogP contribution is -2.18. The van der Waals surface area contributed by atoms with E-state index in [1.807, 2.05) is 0 Å². The van der Waals surface area contributed by atoms with Gasteiger partial charge >= 0.3 is 5.97 Å². The summed E-state index contributed by atoms with van der Waals surface area (Å²) in [6.45, 7) is 1.84. The highest BCUT2D eigenvalue weighted by atomic mass is 79.9. The first-order valence-electron chi connectivity index (χ1n) is 6.75. The van der Waals surface area contributed by atoms with E-state index in [2.05, 4.69) is 20.9 Å². The molecule has 110 valence electrons. The first-order chi connectivity index (χ1) is 10.0. The number of aromatic nitrogens is 1. The molecule has 1 saturated carbocycles. The number of H-pyrrole nitrogens is 1. The number of benzene rings is 1. The molecule has 21 heavy (non-hydrogen) atoms. The summed E-state index contributed by atoms with van der Waals surface area (Å²) in [6.07, 6.45) is 3.29. The fourth-order valence-corrected chi connectivity index (χ4v) is 3.09. The van der Waals surface area contributed by atoms with Crippen LogP contribution in [0.3, 0.4) is 0 Å². The predicted octanol–water partition coefficient (Wildman–Crippen LogP) is 3.48. The van der Waals surface area contributed by atoms with Gasteiger partial charge in [-0.15, -0.1) is 0 Å². The van der Waals surface area contributed by atoms with Crippen molar-refractivity contribution >= 4 is 32.8 Å². The number of rotatable bonds is 3. The van der Waals surface area contributed by atoms with E-state index in [1.54, 1.807) is 6.92 Å². The molecule has 6 heteroatoms. The van der Waals surface area contributed by atoms with E-state index in [0.717, 1.165) is 24.5 Å². The number of carbonyl (C=O) groups is 1. The van der Waals surface area contributed by atoms with Crippen LogP contribution in [-0.2, 0) is 4.74 Å². The maximum Gasteiger partial charge on any atom is 0.343 e. The summed E-state index contributed by atoms with van der Waals surface area (Å²) >= 11 is 3.25. The number of ether oxygens (including phenoxy) is 1. The van der Waals surface area contributed by atoms with Gasteiger partial charge in [-0.25, -0.2) is 9.18 Å². The molecule has 0 bridgehead atoms. The Labute approximate surface area is 128 Å². The number of aromatic amines is 1. The number of nitrogens with one attached hydrogen (secondary N) is 1. The van der Waals surface area contributed by atoms with Gasteiger partial charge in [-0.3, -0.25) is 4.79 Å². The van der Waals surface area contributed by atoms with Crippen LogP contribution in [0, 0.1) is 5.82 Å². The molecule has 0 unspecified atom stereocenters. The summed E-state index contributed by atoms with van der Waals surface area (Å²) in [7, 11) is 0. The van der Waals surface area contributed by atoms with Crippen molar-refractivity contribution in [1.29, 1.82) is 0 Å². The highest BCUT2D eigenvalue weighted by Crippen LogP contribution is 2.46. The monoisotopic (exact) mass is 353 g/mol. The lowest BCUT2D eigenvalue weighted by Gasteiger charge is -2.10. The van der Waals surface area contributed by atoms with Crippen molar-refractivity contribution in [2.24, 2.45) is 0 Å². The third-order valence-corrected chi connectivity index (χ3v) is 4.39. The normalized spacial score (nSPS) is 14.4. The van der Waals surface area contributed by atoms with Gasteiger partial charge in [0, 0.05) is 11.6 Å². The molecule has 1 heterocycles. The minimum absolute atomic E-state index is 0.104. The fourth-order valence-electron chi connectivity index (χ4n) is 2.45. The van der Waals surface area contributed by atoms with Crippen LogP contribution in [0.25, 0.3) is 10.9 Å². The van der Waals surface area contributed by atoms with Crippen LogP contribution in [0.1, 0.15) is 41.6 Å². The number of halogens is 2. The Hall–Kier alpha value is -1.69. The molecular weight excluding hydrogens is 341 g/mol. The molecule has 2 aromatic rings. The SMILES string of the molecule is CCOC(=O)c1c[nH]c2c(C3CC3)c(Br)c(F)cc2c1=O. The van der Waals surface area contributed by atoms with Gasteiger partial charge in [0.15, 0.2) is 0 Å². The molecule has 0 atom stereocenters. The lowest BCUT2D eigenvalue weighted by molar-refractivity contribution is 0.0524. The average Bonchev–Trinajstić information content (AvgIpc) is 3.26. The zero-order valence-corrected chi connectivity index (χ0v) is 12.9. The maximum atomic E-state index is 14.0. The number of fused-ring (bicyclic) bond motifs is 1. The van der Waals surface area contributed by atoms with Crippen LogP contribution in [0.15, 0.2) is 21.5 Å². The van der Waals surface area contributed by atoms with Gasteiger partial charge in [-0.1, -0.05) is 0 Å². The molecule has 1 N–H and O–H groups in total. The zero-order chi connectivity index (χ0) is 15.1. The van der Waals surface area contributed by atoms with E-state index in [9.17, 15) is 14.0 Å². The Morgan fingerprint density at radius 2 is 2.24 bits per heavy atom. The van der Waals surface area contributed by atoms with Crippen LogP contribution in [0.5, 0.6) is 0 Å². The number of hydrogen-bond acceptors (Lipinski definition) is 3. The first kappa shape index (κ1) is 14.3. The number of hydrogen-bond donors (Lipinski definition) is 1. The lowest BCUT2D eigenvalue weighted by atomic mass is 10.0. The van der Waals surface area contributed by atoms with Crippen molar-refractivity contribution in [2.45, 2.75) is 25.7 Å². The Morgan fingerprint density at radius 3 is 2.86 bits per heavy atom. The van der Waals surface area contributed by atoms with Gasteiger partial charge in [-0.2, -0.15) is 0 Å². The van der Waals surface area contributed by atoms with E-state index in [-0.39, 0.29) is 23.5 Å². The molecular formula is C15H13BrFNO3. The van der Waals surface area contributed by atoms with Crippen molar-refractivity contribution in [2.75, 3.05) is 6.61 Å². The first-order valence-corrected chi connectivity index (χ1v) is 7.54. The van der Waals surface area contributed by atoms with Gasteiger partial charge in [0.1, 0.15) is 11.4 Å². The van der Waals surface area contributed by atoms with Crippen molar-refractivity contribution < 1.29 is 13.9 Å². The second-order valence-corrected chi connectivity index (χ2v) is 5.83. The Morgan fingerprint density at radius 1 is 1.52 bits per heavy atom. The molecule has 1 fully saturated rings. The van der Waals surface area contributed by atoms with Gasteiger partial charge in [0.2, 0.25) is 5.43 Å². The molecule has 0 aliphatic heterocycles. The molecule has 1 aliphatic rings. The average molecular weight is 354 g/mol. The molecule has 0 spiro atoms. The fraction of sp³-hybridized carbons (Fsp3) is 0.333. The van der Waals surface area contributed by atoms with Crippen LogP contribution >= 0.6 is 15.9 Å². The topological polar surface area (TPSA) is 59.2 Å². The predicted molar refractivity (Wildman–Crippen MR) is 80.2 cm³/mol. The van der Waals surface area contributed by atoms with Crippen LogP contribution < -0.4 is 5.43 Å². The van der Waals surface area contributed by atoms with E-state index in [4.69, 9.17) is 4.74 Å². The van der Waals surface area contributed by atoms with E-state index in [1.165, 1.54) is 6.20 Å². The largest absolute Gasteiger partial charge is 0.462 e. The Kier molecular flexibility index (Phi) is 3.57. The van der Waals surface area contributed by atoms with Crippen LogP contribution in [0.2, 0.25) is 0 Å². The van der Waals surface area contributed by atoms with Crippen LogP contribution in [0.4, 0.5) is 4.39 Å². The smallest absolute Gasteiger partial charge is 0.343 e. The van der Waals surface area contributed by atoms with Crippen LogP contribution in [-0.4, -0.2) is 17.6 Å². The molecule has 1 aromatic carbocycles. The summed E-state index contributed by atoms with van der Waals surface area (Å²) < 4.78 is 19.3. The Balaban J connectivity index is 2.27. The summed E-state index contributed by atoms with van der Waals surface area (Å²) in [6, 6.07) is 1.16. The third kappa shape index (κ3) is 2.37. The summed E-state index contributed by atoms with van der Waals surface area (Å²) in [5.41, 5.74) is 0.754. The van der Waals surface area contributed by atoms with E-state index >= 15 is 0 Å². The van der Waals surface area contributed by atoms with Crippen molar-refractivity contribution in [1.82, 2.24) is 4.98 Å². The van der Waals surface area contributed by atoms with Gasteiger partial charge in [0.05, 0.1) is 16.6 Å². The summed E-state index contributed by atoms with van der Waals surface area (Å²) in [4.78, 5) is 27.1. The molecule has 1 aromatic heterocycles. The molecule has 0 radical (unpaired) electrons. The van der Waals surface area contributed by atoms with Crippen molar-refractivity contribution in [3.8, 4) is 0 Å². The number of esters is 1. The molecule has 3 rings (SSSR count). The highest BCUT2D eigenvalue weighted by Gasteiger charge is 2.30. The minimum Gasteiger partial charge on any atom is -0.462 e. The second-order valence-electron chi connectivity index (χ2n) is 5.03. The third-order valence-electron chi connectivity index (χ3n) is 3.59. The zero-order valence-electron chi connectivity index (χ0n) is 11.3. The van der Waals surface area contributed by atoms with Gasteiger partial charge in [0.25, 0.3) is 0 Å². The number of carbonyl (C=O) groups excluding carboxylic acids is 1. The minimum atomic E-state index is -0.697. The number of pyridine rings is 1.